The summed E-state index contributed by atoms with van der Waals surface area (Å²) in [7, 11) is 1.84. The summed E-state index contributed by atoms with van der Waals surface area (Å²) in [5.41, 5.74) is 0. The standard InChI is InChI=1S/C13H22N4O3/c1-15(8-9-17-11(18)2-3-12(17)19)10-13(20)16-6-4-14-5-7-16/h14H,2-10H2,1H3. The molecule has 7 heteroatoms. The molecule has 0 aromatic carbocycles. The van der Waals surface area contributed by atoms with Gasteiger partial charge in [-0.25, -0.2) is 0 Å². The Bertz CT molecular complexity index is 377. The van der Waals surface area contributed by atoms with Gasteiger partial charge in [0.15, 0.2) is 0 Å². The van der Waals surface area contributed by atoms with Crippen LogP contribution in [0.4, 0.5) is 0 Å². The molecule has 0 aliphatic carbocycles. The number of likely N-dealkylation sites (tertiary alicyclic amines) is 1. The lowest BCUT2D eigenvalue weighted by atomic mass is 10.3. The second kappa shape index (κ2) is 6.81. The SMILES string of the molecule is CN(CCN1C(=O)CCC1=O)CC(=O)N1CCNCC1. The number of likely N-dealkylation sites (N-methyl/N-ethyl adjacent to an activating group) is 1. The molecule has 2 fully saturated rings. The van der Waals surface area contributed by atoms with Crippen LogP contribution in [0.1, 0.15) is 12.8 Å². The molecule has 1 N–H and O–H groups in total. The van der Waals surface area contributed by atoms with Crippen LogP contribution >= 0.6 is 0 Å². The molecule has 0 radical (unpaired) electrons. The lowest BCUT2D eigenvalue weighted by Gasteiger charge is -2.29. The van der Waals surface area contributed by atoms with Crippen LogP contribution in [-0.4, -0.2) is 85.3 Å². The lowest BCUT2D eigenvalue weighted by Crippen LogP contribution is -2.49. The molecule has 112 valence electrons. The highest BCUT2D eigenvalue weighted by atomic mass is 16.2. The van der Waals surface area contributed by atoms with Gasteiger partial charge < -0.3 is 10.2 Å². The zero-order chi connectivity index (χ0) is 14.5. The molecule has 0 spiro atoms. The predicted octanol–water partition coefficient (Wildman–Crippen LogP) is -1.50. The number of imide groups is 1. The van der Waals surface area contributed by atoms with E-state index in [-0.39, 0.29) is 17.7 Å². The third-order valence-corrected chi connectivity index (χ3v) is 3.74. The van der Waals surface area contributed by atoms with Crippen LogP contribution in [-0.2, 0) is 14.4 Å². The minimum Gasteiger partial charge on any atom is -0.339 e. The topological polar surface area (TPSA) is 73.0 Å². The van der Waals surface area contributed by atoms with E-state index in [2.05, 4.69) is 5.32 Å². The third-order valence-electron chi connectivity index (χ3n) is 3.74. The largest absolute Gasteiger partial charge is 0.339 e. The monoisotopic (exact) mass is 282 g/mol. The lowest BCUT2D eigenvalue weighted by molar-refractivity contribution is -0.138. The van der Waals surface area contributed by atoms with Gasteiger partial charge in [-0.2, -0.15) is 0 Å². The fourth-order valence-electron chi connectivity index (χ4n) is 2.47. The summed E-state index contributed by atoms with van der Waals surface area (Å²) in [5.74, 6) is -0.0956. The van der Waals surface area contributed by atoms with Crippen LogP contribution in [0.3, 0.4) is 0 Å². The van der Waals surface area contributed by atoms with Crippen LogP contribution in [0.2, 0.25) is 0 Å². The molecule has 2 aliphatic heterocycles. The second-order valence-electron chi connectivity index (χ2n) is 5.31. The van der Waals surface area contributed by atoms with Gasteiger partial charge in [0.2, 0.25) is 17.7 Å². The first-order valence-electron chi connectivity index (χ1n) is 7.08. The Balaban J connectivity index is 1.72. The maximum Gasteiger partial charge on any atom is 0.236 e. The van der Waals surface area contributed by atoms with Gasteiger partial charge in [-0.05, 0) is 7.05 Å². The molecule has 0 aromatic heterocycles. The number of carbonyl (C=O) groups is 3. The Morgan fingerprint density at radius 2 is 1.80 bits per heavy atom. The van der Waals surface area contributed by atoms with Crippen molar-refractivity contribution in [3.63, 3.8) is 0 Å². The van der Waals surface area contributed by atoms with Crippen molar-refractivity contribution in [3.05, 3.63) is 0 Å². The predicted molar refractivity (Wildman–Crippen MR) is 72.9 cm³/mol. The quantitative estimate of drug-likeness (QED) is 0.621. The van der Waals surface area contributed by atoms with E-state index in [4.69, 9.17) is 0 Å². The maximum atomic E-state index is 12.0. The van der Waals surface area contributed by atoms with Crippen LogP contribution in [0.25, 0.3) is 0 Å². The smallest absolute Gasteiger partial charge is 0.236 e. The number of hydrogen-bond donors (Lipinski definition) is 1. The highest BCUT2D eigenvalue weighted by molar-refractivity contribution is 6.01. The van der Waals surface area contributed by atoms with Crippen molar-refractivity contribution in [2.75, 3.05) is 52.9 Å². The number of nitrogens with one attached hydrogen (secondary N) is 1. The Hall–Kier alpha value is -1.47. The van der Waals surface area contributed by atoms with Crippen molar-refractivity contribution in [3.8, 4) is 0 Å². The summed E-state index contributed by atoms with van der Waals surface area (Å²) in [6.45, 7) is 4.42. The fraction of sp³-hybridized carbons (Fsp3) is 0.769. The highest BCUT2D eigenvalue weighted by Crippen LogP contribution is 2.10. The van der Waals surface area contributed by atoms with Crippen LogP contribution in [0.15, 0.2) is 0 Å². The summed E-state index contributed by atoms with van der Waals surface area (Å²) >= 11 is 0. The van der Waals surface area contributed by atoms with Crippen molar-refractivity contribution in [2.45, 2.75) is 12.8 Å². The number of rotatable bonds is 5. The molecule has 20 heavy (non-hydrogen) atoms. The van der Waals surface area contributed by atoms with Crippen molar-refractivity contribution in [2.24, 2.45) is 0 Å². The molecule has 7 nitrogen and oxygen atoms in total. The molecule has 0 aromatic rings. The van der Waals surface area contributed by atoms with Gasteiger partial charge in [0.1, 0.15) is 0 Å². The number of piperazine rings is 1. The second-order valence-corrected chi connectivity index (χ2v) is 5.31. The van der Waals surface area contributed by atoms with Gasteiger partial charge in [0, 0.05) is 52.1 Å². The number of nitrogens with zero attached hydrogens (tertiary/aromatic N) is 3. The van der Waals surface area contributed by atoms with Gasteiger partial charge in [-0.3, -0.25) is 24.2 Å². The summed E-state index contributed by atoms with van der Waals surface area (Å²) in [5, 5.41) is 3.21. The minimum atomic E-state index is -0.100. The zero-order valence-corrected chi connectivity index (χ0v) is 11.9. The Morgan fingerprint density at radius 3 is 2.40 bits per heavy atom. The van der Waals surface area contributed by atoms with Gasteiger partial charge in [0.25, 0.3) is 0 Å². The Kier molecular flexibility index (Phi) is 5.08. The molecule has 2 heterocycles. The van der Waals surface area contributed by atoms with Gasteiger partial charge in [0.05, 0.1) is 6.54 Å². The van der Waals surface area contributed by atoms with Crippen LogP contribution in [0, 0.1) is 0 Å². The molecule has 2 rings (SSSR count). The Morgan fingerprint density at radius 1 is 1.20 bits per heavy atom. The van der Waals surface area contributed by atoms with E-state index in [0.29, 0.717) is 32.5 Å². The maximum absolute atomic E-state index is 12.0. The van der Waals surface area contributed by atoms with Crippen molar-refractivity contribution < 1.29 is 14.4 Å². The van der Waals surface area contributed by atoms with E-state index in [1.165, 1.54) is 4.90 Å². The first kappa shape index (κ1) is 14.9. The van der Waals surface area contributed by atoms with E-state index >= 15 is 0 Å². The molecule has 0 saturated carbocycles. The first-order chi connectivity index (χ1) is 9.58. The average molecular weight is 282 g/mol. The van der Waals surface area contributed by atoms with Crippen molar-refractivity contribution in [1.29, 1.82) is 0 Å². The molecule has 3 amide bonds. The van der Waals surface area contributed by atoms with Gasteiger partial charge >= 0.3 is 0 Å². The highest BCUT2D eigenvalue weighted by Gasteiger charge is 2.28. The fourth-order valence-corrected chi connectivity index (χ4v) is 2.47. The summed E-state index contributed by atoms with van der Waals surface area (Å²) < 4.78 is 0. The summed E-state index contributed by atoms with van der Waals surface area (Å²) in [4.78, 5) is 40.0. The molecule has 0 bridgehead atoms. The molecular weight excluding hydrogens is 260 g/mol. The number of amides is 3. The summed E-state index contributed by atoms with van der Waals surface area (Å²) in [6, 6.07) is 0. The normalized spacial score (nSPS) is 20.1. The molecule has 2 saturated heterocycles. The van der Waals surface area contributed by atoms with E-state index in [9.17, 15) is 14.4 Å². The van der Waals surface area contributed by atoms with E-state index < -0.39 is 0 Å². The van der Waals surface area contributed by atoms with Gasteiger partial charge in [-0.15, -0.1) is 0 Å². The van der Waals surface area contributed by atoms with Gasteiger partial charge in [-0.1, -0.05) is 0 Å². The number of carbonyl (C=O) groups excluding carboxylic acids is 3. The third kappa shape index (κ3) is 3.77. The van der Waals surface area contributed by atoms with E-state index in [1.807, 2.05) is 16.8 Å². The number of hydrogen-bond acceptors (Lipinski definition) is 5. The minimum absolute atomic E-state index is 0.100. The summed E-state index contributed by atoms with van der Waals surface area (Å²) in [6.07, 6.45) is 0.643. The molecule has 0 unspecified atom stereocenters. The van der Waals surface area contributed by atoms with Crippen LogP contribution < -0.4 is 5.32 Å². The van der Waals surface area contributed by atoms with E-state index in [0.717, 1.165) is 26.2 Å². The first-order valence-corrected chi connectivity index (χ1v) is 7.08. The van der Waals surface area contributed by atoms with Crippen molar-refractivity contribution in [1.82, 2.24) is 20.0 Å². The Labute approximate surface area is 118 Å². The molecule has 0 atom stereocenters. The zero-order valence-electron chi connectivity index (χ0n) is 11.9. The van der Waals surface area contributed by atoms with Crippen molar-refractivity contribution >= 4 is 17.7 Å². The van der Waals surface area contributed by atoms with Crippen LogP contribution in [0.5, 0.6) is 0 Å². The van der Waals surface area contributed by atoms with E-state index in [1.54, 1.807) is 0 Å². The molecule has 2 aliphatic rings. The average Bonchev–Trinajstić information content (AvgIpc) is 2.77. The molecular formula is C13H22N4O3.